The van der Waals surface area contributed by atoms with E-state index in [4.69, 9.17) is 4.74 Å². The van der Waals surface area contributed by atoms with E-state index >= 15 is 0 Å². The first-order valence-corrected chi connectivity index (χ1v) is 10.0. The summed E-state index contributed by atoms with van der Waals surface area (Å²) in [6.07, 6.45) is 6.56. The van der Waals surface area contributed by atoms with Crippen LogP contribution in [0.1, 0.15) is 65.7 Å². The fourth-order valence-corrected chi connectivity index (χ4v) is 7.93. The number of hydrogen-bond acceptors (Lipinski definition) is 4. The minimum Gasteiger partial charge on any atom is -0.390 e. The summed E-state index contributed by atoms with van der Waals surface area (Å²) in [5.41, 5.74) is -0.898. The average Bonchev–Trinajstić information content (AvgIpc) is 3.25. The van der Waals surface area contributed by atoms with E-state index < -0.39 is 11.5 Å². The average molecular weight is 343 g/mol. The first-order chi connectivity index (χ1) is 11.7. The van der Waals surface area contributed by atoms with Gasteiger partial charge in [0, 0.05) is 5.41 Å². The standard InChI is InChI=1S/C21H29NO3/c1-18-7-5-15-13(14(18)6-8-20(18,3)24)4-9-21-17(25-21)16(23)12(11-22)10-19(15,21)2/h12-15,17,24H,4-10H2,1-3H3/t12-,13-,14-,15-,17?,18?,19?,20-,21+/m0/s1. The van der Waals surface area contributed by atoms with Crippen molar-refractivity contribution in [1.29, 1.82) is 5.26 Å². The Balaban J connectivity index is 1.53. The molecule has 4 saturated carbocycles. The smallest absolute Gasteiger partial charge is 0.181 e. The third-order valence-corrected chi connectivity index (χ3v) is 9.71. The summed E-state index contributed by atoms with van der Waals surface area (Å²) in [7, 11) is 0. The van der Waals surface area contributed by atoms with Gasteiger partial charge in [0.15, 0.2) is 5.78 Å². The molecule has 0 aromatic carbocycles. The van der Waals surface area contributed by atoms with Gasteiger partial charge in [-0.15, -0.1) is 0 Å². The van der Waals surface area contributed by atoms with Crippen molar-refractivity contribution < 1.29 is 14.6 Å². The highest BCUT2D eigenvalue weighted by molar-refractivity contribution is 5.92. The van der Waals surface area contributed by atoms with E-state index in [1.807, 2.05) is 6.92 Å². The first-order valence-electron chi connectivity index (χ1n) is 10.0. The quantitative estimate of drug-likeness (QED) is 0.685. The van der Waals surface area contributed by atoms with Crippen molar-refractivity contribution in [3.63, 3.8) is 0 Å². The molecule has 5 aliphatic rings. The lowest BCUT2D eigenvalue weighted by Crippen LogP contribution is -2.60. The number of ketones is 1. The van der Waals surface area contributed by atoms with Crippen molar-refractivity contribution in [3.8, 4) is 6.07 Å². The van der Waals surface area contributed by atoms with E-state index in [9.17, 15) is 15.2 Å². The van der Waals surface area contributed by atoms with Gasteiger partial charge in [-0.3, -0.25) is 4.79 Å². The van der Waals surface area contributed by atoms with E-state index in [-0.39, 0.29) is 28.3 Å². The van der Waals surface area contributed by atoms with Crippen molar-refractivity contribution >= 4 is 5.78 Å². The molecule has 9 atom stereocenters. The zero-order valence-electron chi connectivity index (χ0n) is 15.5. The molecule has 0 bridgehead atoms. The Morgan fingerprint density at radius 1 is 1.08 bits per heavy atom. The zero-order valence-corrected chi connectivity index (χ0v) is 15.5. The van der Waals surface area contributed by atoms with Gasteiger partial charge in [0.05, 0.1) is 11.7 Å². The lowest BCUT2D eigenvalue weighted by molar-refractivity contribution is -0.151. The largest absolute Gasteiger partial charge is 0.390 e. The zero-order chi connectivity index (χ0) is 17.8. The summed E-state index contributed by atoms with van der Waals surface area (Å²) in [6, 6.07) is 2.26. The van der Waals surface area contributed by atoms with Crippen LogP contribution in [0.5, 0.6) is 0 Å². The van der Waals surface area contributed by atoms with Crippen LogP contribution >= 0.6 is 0 Å². The number of hydrogen-bond donors (Lipinski definition) is 1. The predicted octanol–water partition coefficient (Wildman–Crippen LogP) is 3.23. The molecular formula is C21H29NO3. The first kappa shape index (κ1) is 16.3. The normalized spacial score (nSPS) is 62.2. The molecule has 136 valence electrons. The number of nitrogens with zero attached hydrogens (tertiary/aromatic N) is 1. The number of Topliss-reactive ketones (excluding diaryl/α,β-unsaturated/α-hetero) is 1. The summed E-state index contributed by atoms with van der Waals surface area (Å²) in [4.78, 5) is 12.5. The monoisotopic (exact) mass is 343 g/mol. The number of aliphatic hydroxyl groups is 1. The lowest BCUT2D eigenvalue weighted by Gasteiger charge is -2.60. The Morgan fingerprint density at radius 2 is 1.76 bits per heavy atom. The van der Waals surface area contributed by atoms with Gasteiger partial charge in [0.2, 0.25) is 0 Å². The van der Waals surface area contributed by atoms with Crippen LogP contribution in [-0.4, -0.2) is 28.2 Å². The molecule has 1 saturated heterocycles. The van der Waals surface area contributed by atoms with Crippen LogP contribution in [0.4, 0.5) is 0 Å². The summed E-state index contributed by atoms with van der Waals surface area (Å²) in [6.45, 7) is 6.63. The SMILES string of the molecule is CC12CC[C@H]3[C@@H](CC[C@@]45OC4C(=O)[C@H](C#N)CC35C)[C@@H]1CC[C@]2(C)O. The maximum atomic E-state index is 12.5. The van der Waals surface area contributed by atoms with E-state index in [1.165, 1.54) is 0 Å². The van der Waals surface area contributed by atoms with Gasteiger partial charge < -0.3 is 9.84 Å². The van der Waals surface area contributed by atoms with Crippen molar-refractivity contribution in [2.24, 2.45) is 34.5 Å². The highest BCUT2D eigenvalue weighted by Crippen LogP contribution is 2.73. The third kappa shape index (κ3) is 1.64. The Kier molecular flexibility index (Phi) is 2.92. The molecule has 0 aromatic rings. The Hall–Kier alpha value is -0.920. The van der Waals surface area contributed by atoms with Crippen LogP contribution < -0.4 is 0 Å². The molecule has 4 aliphatic carbocycles. The second-order valence-corrected chi connectivity index (χ2v) is 10.3. The van der Waals surface area contributed by atoms with E-state index in [0.29, 0.717) is 24.2 Å². The Bertz CT molecular complexity index is 696. The number of epoxide rings is 1. The van der Waals surface area contributed by atoms with Crippen molar-refractivity contribution in [1.82, 2.24) is 0 Å². The van der Waals surface area contributed by atoms with Gasteiger partial charge in [-0.1, -0.05) is 13.8 Å². The molecule has 0 radical (unpaired) electrons. The maximum Gasteiger partial charge on any atom is 0.181 e. The highest BCUT2D eigenvalue weighted by atomic mass is 16.6. The molecule has 1 heterocycles. The van der Waals surface area contributed by atoms with Crippen LogP contribution in [-0.2, 0) is 9.53 Å². The summed E-state index contributed by atoms with van der Waals surface area (Å²) >= 11 is 0. The minimum absolute atomic E-state index is 0.0119. The van der Waals surface area contributed by atoms with Crippen LogP contribution in [0, 0.1) is 45.8 Å². The molecule has 4 nitrogen and oxygen atoms in total. The predicted molar refractivity (Wildman–Crippen MR) is 91.3 cm³/mol. The number of carbonyl (C=O) groups is 1. The maximum absolute atomic E-state index is 12.5. The number of ether oxygens (including phenoxy) is 1. The molecule has 5 rings (SSSR count). The summed E-state index contributed by atoms with van der Waals surface area (Å²) in [5, 5.41) is 20.5. The molecule has 1 spiro atoms. The van der Waals surface area contributed by atoms with Crippen molar-refractivity contribution in [2.45, 2.75) is 83.0 Å². The number of nitriles is 1. The molecule has 3 unspecified atom stereocenters. The molecule has 0 aromatic heterocycles. The molecular weight excluding hydrogens is 314 g/mol. The second kappa shape index (κ2) is 4.49. The fourth-order valence-electron chi connectivity index (χ4n) is 7.93. The summed E-state index contributed by atoms with van der Waals surface area (Å²) < 4.78 is 6.09. The van der Waals surface area contributed by atoms with Gasteiger partial charge in [0.1, 0.15) is 17.6 Å². The summed E-state index contributed by atoms with van der Waals surface area (Å²) in [5.74, 6) is 1.21. The fraction of sp³-hybridized carbons (Fsp3) is 0.905. The van der Waals surface area contributed by atoms with Crippen molar-refractivity contribution in [2.75, 3.05) is 0 Å². The molecule has 4 heteroatoms. The topological polar surface area (TPSA) is 73.6 Å². The van der Waals surface area contributed by atoms with Gasteiger partial charge in [-0.25, -0.2) is 0 Å². The number of rotatable bonds is 0. The number of carbonyl (C=O) groups excluding carboxylic acids is 1. The molecule has 25 heavy (non-hydrogen) atoms. The molecule has 1 aliphatic heterocycles. The van der Waals surface area contributed by atoms with Gasteiger partial charge in [-0.2, -0.15) is 5.26 Å². The van der Waals surface area contributed by atoms with Crippen molar-refractivity contribution in [3.05, 3.63) is 0 Å². The minimum atomic E-state index is -0.561. The van der Waals surface area contributed by atoms with E-state index in [0.717, 1.165) is 38.5 Å². The van der Waals surface area contributed by atoms with Crippen LogP contribution in [0.15, 0.2) is 0 Å². The molecule has 1 N–H and O–H groups in total. The lowest BCUT2D eigenvalue weighted by atomic mass is 9.43. The van der Waals surface area contributed by atoms with Gasteiger partial charge in [0.25, 0.3) is 0 Å². The Morgan fingerprint density at radius 3 is 2.48 bits per heavy atom. The van der Waals surface area contributed by atoms with Crippen LogP contribution in [0.3, 0.4) is 0 Å². The second-order valence-electron chi connectivity index (χ2n) is 10.3. The third-order valence-electron chi connectivity index (χ3n) is 9.71. The highest BCUT2D eigenvalue weighted by Gasteiger charge is 2.78. The van der Waals surface area contributed by atoms with E-state index in [1.54, 1.807) is 0 Å². The van der Waals surface area contributed by atoms with Crippen LogP contribution in [0.2, 0.25) is 0 Å². The van der Waals surface area contributed by atoms with Gasteiger partial charge in [-0.05, 0) is 75.0 Å². The molecule has 0 amide bonds. The molecule has 5 fully saturated rings. The van der Waals surface area contributed by atoms with Crippen LogP contribution in [0.25, 0.3) is 0 Å². The number of fused-ring (bicyclic) bond motifs is 4. The van der Waals surface area contributed by atoms with Gasteiger partial charge >= 0.3 is 0 Å². The van der Waals surface area contributed by atoms with E-state index in [2.05, 4.69) is 19.9 Å². The Labute approximate surface area is 149 Å².